The Morgan fingerprint density at radius 3 is 2.48 bits per heavy atom. The van der Waals surface area contributed by atoms with E-state index in [4.69, 9.17) is 16.6 Å². The molecule has 1 aliphatic heterocycles. The summed E-state index contributed by atoms with van der Waals surface area (Å²) in [6, 6.07) is 9.04. The predicted octanol–water partition coefficient (Wildman–Crippen LogP) is 3.39. The zero-order valence-corrected chi connectivity index (χ0v) is 15.6. The maximum Gasteiger partial charge on any atom is 0.254 e. The van der Waals surface area contributed by atoms with Gasteiger partial charge in [-0.3, -0.25) is 4.79 Å². The van der Waals surface area contributed by atoms with E-state index in [0.29, 0.717) is 23.7 Å². The summed E-state index contributed by atoms with van der Waals surface area (Å²) in [6.07, 6.45) is 1.81. The second-order valence-corrected chi connectivity index (χ2v) is 7.71. The smallest absolute Gasteiger partial charge is 0.254 e. The molecule has 25 heavy (non-hydrogen) atoms. The maximum absolute atomic E-state index is 12.6. The summed E-state index contributed by atoms with van der Waals surface area (Å²) < 4.78 is 0. The highest BCUT2D eigenvalue weighted by molar-refractivity contribution is 6.30. The number of amides is 1. The van der Waals surface area contributed by atoms with Crippen molar-refractivity contribution in [3.05, 3.63) is 52.9 Å². The Kier molecular flexibility index (Phi) is 4.95. The van der Waals surface area contributed by atoms with Crippen LogP contribution in [-0.4, -0.2) is 47.0 Å². The lowest BCUT2D eigenvalue weighted by Gasteiger charge is -2.35. The molecule has 1 amide bonds. The van der Waals surface area contributed by atoms with E-state index in [-0.39, 0.29) is 11.3 Å². The predicted molar refractivity (Wildman–Crippen MR) is 100 cm³/mol. The van der Waals surface area contributed by atoms with Gasteiger partial charge in [0.05, 0.1) is 0 Å². The molecule has 1 saturated heterocycles. The standard InChI is InChI=1S/C19H23ClN4O/c1-19(2,3)18-21-8-7-16(22-18)23-9-11-24(12-10-23)17(25)14-5-4-6-15(20)13-14/h4-8,13H,9-12H2,1-3H3. The molecule has 1 fully saturated rings. The first-order valence-electron chi connectivity index (χ1n) is 8.48. The van der Waals surface area contributed by atoms with Crippen LogP contribution in [0.15, 0.2) is 36.5 Å². The van der Waals surface area contributed by atoms with Gasteiger partial charge < -0.3 is 9.80 Å². The van der Waals surface area contributed by atoms with Crippen molar-refractivity contribution >= 4 is 23.3 Å². The first kappa shape index (κ1) is 17.7. The molecular weight excluding hydrogens is 336 g/mol. The lowest BCUT2D eigenvalue weighted by molar-refractivity contribution is 0.0746. The third kappa shape index (κ3) is 4.10. The summed E-state index contributed by atoms with van der Waals surface area (Å²) in [4.78, 5) is 25.8. The second kappa shape index (κ2) is 7.00. The molecule has 0 bridgehead atoms. The number of piperazine rings is 1. The fourth-order valence-corrected chi connectivity index (χ4v) is 3.02. The number of hydrogen-bond donors (Lipinski definition) is 0. The maximum atomic E-state index is 12.6. The minimum Gasteiger partial charge on any atom is -0.353 e. The molecule has 1 aromatic heterocycles. The molecule has 2 aromatic rings. The Bertz CT molecular complexity index is 764. The van der Waals surface area contributed by atoms with E-state index in [2.05, 4.69) is 30.7 Å². The van der Waals surface area contributed by atoms with Gasteiger partial charge in [-0.25, -0.2) is 9.97 Å². The lowest BCUT2D eigenvalue weighted by Crippen LogP contribution is -2.49. The van der Waals surface area contributed by atoms with Crippen LogP contribution < -0.4 is 4.90 Å². The Hall–Kier alpha value is -2.14. The van der Waals surface area contributed by atoms with Crippen molar-refractivity contribution < 1.29 is 4.79 Å². The quantitative estimate of drug-likeness (QED) is 0.825. The molecule has 0 unspecified atom stereocenters. The average Bonchev–Trinajstić information content (AvgIpc) is 2.61. The number of carbonyl (C=O) groups is 1. The molecule has 0 N–H and O–H groups in total. The van der Waals surface area contributed by atoms with Crippen LogP contribution in [0.2, 0.25) is 5.02 Å². The fourth-order valence-electron chi connectivity index (χ4n) is 2.83. The van der Waals surface area contributed by atoms with Gasteiger partial charge in [0.15, 0.2) is 0 Å². The molecule has 0 atom stereocenters. The van der Waals surface area contributed by atoms with E-state index in [1.165, 1.54) is 0 Å². The molecule has 0 saturated carbocycles. The Balaban J connectivity index is 1.67. The zero-order valence-electron chi connectivity index (χ0n) is 14.9. The average molecular weight is 359 g/mol. The van der Waals surface area contributed by atoms with Crippen molar-refractivity contribution in [3.63, 3.8) is 0 Å². The number of carbonyl (C=O) groups excluding carboxylic acids is 1. The number of anilines is 1. The van der Waals surface area contributed by atoms with Gasteiger partial charge in [0.2, 0.25) is 0 Å². The van der Waals surface area contributed by atoms with Crippen molar-refractivity contribution in [2.45, 2.75) is 26.2 Å². The van der Waals surface area contributed by atoms with Crippen LogP contribution in [0.3, 0.4) is 0 Å². The minimum absolute atomic E-state index is 0.0280. The normalized spacial score (nSPS) is 15.4. The van der Waals surface area contributed by atoms with E-state index < -0.39 is 0 Å². The molecule has 0 aliphatic carbocycles. The first-order chi connectivity index (χ1) is 11.8. The molecule has 6 heteroatoms. The van der Waals surface area contributed by atoms with Crippen LogP contribution >= 0.6 is 11.6 Å². The lowest BCUT2D eigenvalue weighted by atomic mass is 9.96. The third-order valence-corrected chi connectivity index (χ3v) is 4.51. The fraction of sp³-hybridized carbons (Fsp3) is 0.421. The molecular formula is C19H23ClN4O. The zero-order chi connectivity index (χ0) is 18.0. The first-order valence-corrected chi connectivity index (χ1v) is 8.86. The Labute approximate surface area is 153 Å². The summed E-state index contributed by atoms with van der Waals surface area (Å²) >= 11 is 5.99. The summed E-state index contributed by atoms with van der Waals surface area (Å²) in [7, 11) is 0. The number of benzene rings is 1. The van der Waals surface area contributed by atoms with E-state index in [1.807, 2.05) is 17.2 Å². The molecule has 5 nitrogen and oxygen atoms in total. The van der Waals surface area contributed by atoms with E-state index in [9.17, 15) is 4.79 Å². The summed E-state index contributed by atoms with van der Waals surface area (Å²) in [5, 5.41) is 0.584. The van der Waals surface area contributed by atoms with Crippen molar-refractivity contribution in [1.29, 1.82) is 0 Å². The van der Waals surface area contributed by atoms with Gasteiger partial charge in [-0.15, -0.1) is 0 Å². The number of halogens is 1. The van der Waals surface area contributed by atoms with E-state index in [1.54, 1.807) is 24.3 Å². The SMILES string of the molecule is CC(C)(C)c1nccc(N2CCN(C(=O)c3cccc(Cl)c3)CC2)n1. The number of aromatic nitrogens is 2. The third-order valence-electron chi connectivity index (χ3n) is 4.27. The van der Waals surface area contributed by atoms with Crippen molar-refractivity contribution in [2.75, 3.05) is 31.1 Å². The highest BCUT2D eigenvalue weighted by Gasteiger charge is 2.24. The van der Waals surface area contributed by atoms with Crippen LogP contribution in [-0.2, 0) is 5.41 Å². The number of hydrogen-bond acceptors (Lipinski definition) is 4. The van der Waals surface area contributed by atoms with Crippen LogP contribution in [0.4, 0.5) is 5.82 Å². The van der Waals surface area contributed by atoms with Crippen LogP contribution in [0.5, 0.6) is 0 Å². The minimum atomic E-state index is -0.0830. The van der Waals surface area contributed by atoms with Gasteiger partial charge in [0, 0.05) is 48.4 Å². The highest BCUT2D eigenvalue weighted by atomic mass is 35.5. The van der Waals surface area contributed by atoms with Crippen LogP contribution in [0.25, 0.3) is 0 Å². The molecule has 1 aromatic carbocycles. The van der Waals surface area contributed by atoms with Gasteiger partial charge >= 0.3 is 0 Å². The topological polar surface area (TPSA) is 49.3 Å². The van der Waals surface area contributed by atoms with Gasteiger partial charge in [0.25, 0.3) is 5.91 Å². The molecule has 0 spiro atoms. The Morgan fingerprint density at radius 2 is 1.84 bits per heavy atom. The van der Waals surface area contributed by atoms with Gasteiger partial charge in [0.1, 0.15) is 11.6 Å². The monoisotopic (exact) mass is 358 g/mol. The van der Waals surface area contributed by atoms with Crippen molar-refractivity contribution in [3.8, 4) is 0 Å². The van der Waals surface area contributed by atoms with Gasteiger partial charge in [-0.1, -0.05) is 38.4 Å². The van der Waals surface area contributed by atoms with E-state index >= 15 is 0 Å². The Morgan fingerprint density at radius 1 is 1.12 bits per heavy atom. The van der Waals surface area contributed by atoms with Crippen LogP contribution in [0, 0.1) is 0 Å². The van der Waals surface area contributed by atoms with Gasteiger partial charge in [-0.2, -0.15) is 0 Å². The number of nitrogens with zero attached hydrogens (tertiary/aromatic N) is 4. The summed E-state index contributed by atoms with van der Waals surface area (Å²) in [6.45, 7) is 9.16. The number of rotatable bonds is 2. The van der Waals surface area contributed by atoms with Crippen molar-refractivity contribution in [1.82, 2.24) is 14.9 Å². The van der Waals surface area contributed by atoms with Crippen molar-refractivity contribution in [2.24, 2.45) is 0 Å². The molecule has 132 valence electrons. The summed E-state index contributed by atoms with van der Waals surface area (Å²) in [5.74, 6) is 1.79. The molecule has 2 heterocycles. The van der Waals surface area contributed by atoms with Crippen LogP contribution in [0.1, 0.15) is 37.0 Å². The molecule has 3 rings (SSSR count). The molecule has 1 aliphatic rings. The second-order valence-electron chi connectivity index (χ2n) is 7.28. The van der Waals surface area contributed by atoms with E-state index in [0.717, 1.165) is 24.7 Å². The largest absolute Gasteiger partial charge is 0.353 e. The van der Waals surface area contributed by atoms with Gasteiger partial charge in [-0.05, 0) is 24.3 Å². The summed E-state index contributed by atoms with van der Waals surface area (Å²) in [5.41, 5.74) is 0.554. The molecule has 0 radical (unpaired) electrons. The highest BCUT2D eigenvalue weighted by Crippen LogP contribution is 2.21.